The zero-order valence-corrected chi connectivity index (χ0v) is 17.8. The predicted octanol–water partition coefficient (Wildman–Crippen LogP) is 4.76. The number of carbonyl (C=O) groups is 2. The van der Waals surface area contributed by atoms with Gasteiger partial charge in [0.15, 0.2) is 23.1 Å². The molecule has 1 aromatic carbocycles. The molecule has 5 heteroatoms. The van der Waals surface area contributed by atoms with Crippen molar-refractivity contribution in [3.8, 4) is 11.5 Å². The van der Waals surface area contributed by atoms with Crippen molar-refractivity contribution in [1.29, 1.82) is 0 Å². The van der Waals surface area contributed by atoms with Crippen LogP contribution in [0, 0.1) is 5.92 Å². The highest BCUT2D eigenvalue weighted by atomic mass is 16.5. The van der Waals surface area contributed by atoms with Gasteiger partial charge < -0.3 is 14.6 Å². The zero-order valence-electron chi connectivity index (χ0n) is 17.8. The van der Waals surface area contributed by atoms with Crippen LogP contribution in [0.3, 0.4) is 0 Å². The number of allylic oxidation sites excluding steroid dienone is 2. The molecule has 0 radical (unpaired) electrons. The Labute approximate surface area is 167 Å². The van der Waals surface area contributed by atoms with E-state index in [1.165, 1.54) is 14.2 Å². The number of hydrogen-bond donors (Lipinski definition) is 1. The van der Waals surface area contributed by atoms with Gasteiger partial charge in [-0.1, -0.05) is 26.7 Å². The van der Waals surface area contributed by atoms with Crippen LogP contribution in [-0.2, 0) is 0 Å². The molecule has 0 spiro atoms. The first-order valence-electron chi connectivity index (χ1n) is 9.88. The molecule has 0 heterocycles. The molecule has 1 N–H and O–H groups in total. The maximum absolute atomic E-state index is 13.1. The minimum Gasteiger partial charge on any atom is -0.493 e. The van der Waals surface area contributed by atoms with Crippen molar-refractivity contribution in [1.82, 2.24) is 0 Å². The lowest BCUT2D eigenvalue weighted by molar-refractivity contribution is 0.0387. The first kappa shape index (κ1) is 22.2. The Bertz CT molecular complexity index is 786. The number of Topliss-reactive ketones (excluding diaryl/α,β-unsaturated/α-hetero) is 2. The Balaban J connectivity index is 2.22. The number of carbonyl (C=O) groups excluding carboxylic acids is 2. The van der Waals surface area contributed by atoms with Crippen molar-refractivity contribution in [3.63, 3.8) is 0 Å². The second-order valence-electron chi connectivity index (χ2n) is 8.30. The molecular weight excluding hydrogens is 356 g/mol. The van der Waals surface area contributed by atoms with Crippen molar-refractivity contribution in [2.75, 3.05) is 14.2 Å². The summed E-state index contributed by atoms with van der Waals surface area (Å²) in [5.74, 6) is 1.09. The molecular formula is C23H32O5. The molecule has 0 amide bonds. The second kappa shape index (κ2) is 8.91. The summed E-state index contributed by atoms with van der Waals surface area (Å²) in [4.78, 5) is 25.9. The van der Waals surface area contributed by atoms with E-state index in [0.717, 1.165) is 12.8 Å². The average Bonchev–Trinajstić information content (AvgIpc) is 2.64. The van der Waals surface area contributed by atoms with Crippen LogP contribution in [0.5, 0.6) is 11.5 Å². The van der Waals surface area contributed by atoms with Crippen LogP contribution < -0.4 is 9.47 Å². The minimum absolute atomic E-state index is 0.175. The summed E-state index contributed by atoms with van der Waals surface area (Å²) in [6.07, 6.45) is 3.50. The summed E-state index contributed by atoms with van der Waals surface area (Å²) < 4.78 is 10.5. The van der Waals surface area contributed by atoms with Crippen molar-refractivity contribution in [3.05, 3.63) is 34.4 Å². The highest BCUT2D eigenvalue weighted by Crippen LogP contribution is 2.37. The quantitative estimate of drug-likeness (QED) is 0.660. The average molecular weight is 389 g/mol. The molecule has 0 fully saturated rings. The Morgan fingerprint density at radius 2 is 1.54 bits per heavy atom. The molecule has 28 heavy (non-hydrogen) atoms. The first-order chi connectivity index (χ1) is 13.1. The first-order valence-corrected chi connectivity index (χ1v) is 9.88. The number of aliphatic hydroxyl groups is 1. The Kier molecular flexibility index (Phi) is 7.05. The molecule has 1 aliphatic rings. The number of methoxy groups -OCH3 is 2. The predicted molar refractivity (Wildman–Crippen MR) is 109 cm³/mol. The minimum atomic E-state index is -0.858. The van der Waals surface area contributed by atoms with Gasteiger partial charge in [0, 0.05) is 22.3 Å². The third-order valence-corrected chi connectivity index (χ3v) is 5.49. The van der Waals surface area contributed by atoms with Crippen LogP contribution in [0.1, 0.15) is 80.5 Å². The highest BCUT2D eigenvalue weighted by Gasteiger charge is 2.32. The van der Waals surface area contributed by atoms with Crippen molar-refractivity contribution >= 4 is 11.6 Å². The van der Waals surface area contributed by atoms with Gasteiger partial charge in [-0.15, -0.1) is 0 Å². The number of hydrogen-bond acceptors (Lipinski definition) is 5. The van der Waals surface area contributed by atoms with E-state index in [2.05, 4.69) is 13.8 Å². The third kappa shape index (κ3) is 4.82. The fraction of sp³-hybridized carbons (Fsp3) is 0.565. The van der Waals surface area contributed by atoms with Crippen LogP contribution in [0.2, 0.25) is 0 Å². The molecule has 0 aliphatic heterocycles. The lowest BCUT2D eigenvalue weighted by Crippen LogP contribution is -2.27. The maximum atomic E-state index is 13.1. The highest BCUT2D eigenvalue weighted by molar-refractivity contribution is 6.27. The molecule has 1 atom stereocenters. The van der Waals surface area contributed by atoms with Gasteiger partial charge in [-0.2, -0.15) is 0 Å². The largest absolute Gasteiger partial charge is 0.493 e. The summed E-state index contributed by atoms with van der Waals surface area (Å²) in [7, 11) is 2.99. The van der Waals surface area contributed by atoms with Gasteiger partial charge >= 0.3 is 0 Å². The van der Waals surface area contributed by atoms with Crippen molar-refractivity contribution in [2.24, 2.45) is 5.92 Å². The number of ether oxygens (including phenoxy) is 2. The fourth-order valence-electron chi connectivity index (χ4n) is 3.64. The lowest BCUT2D eigenvalue weighted by atomic mass is 9.80. The van der Waals surface area contributed by atoms with E-state index in [1.807, 2.05) is 0 Å². The van der Waals surface area contributed by atoms with Gasteiger partial charge in [0.2, 0.25) is 0 Å². The van der Waals surface area contributed by atoms with Crippen LogP contribution in [0.15, 0.2) is 23.3 Å². The van der Waals surface area contributed by atoms with E-state index in [0.29, 0.717) is 59.0 Å². The fourth-order valence-corrected chi connectivity index (χ4v) is 3.64. The number of fused-ring (bicyclic) bond motifs is 1. The maximum Gasteiger partial charge on any atom is 0.190 e. The number of rotatable bonds is 9. The van der Waals surface area contributed by atoms with Crippen molar-refractivity contribution < 1.29 is 24.2 Å². The van der Waals surface area contributed by atoms with E-state index in [-0.39, 0.29) is 11.6 Å². The second-order valence-corrected chi connectivity index (χ2v) is 8.30. The summed E-state index contributed by atoms with van der Waals surface area (Å²) in [6.45, 7) is 7.81. The third-order valence-electron chi connectivity index (χ3n) is 5.49. The molecule has 5 nitrogen and oxygen atoms in total. The molecule has 1 unspecified atom stereocenters. The Morgan fingerprint density at radius 3 is 2.04 bits per heavy atom. The number of benzene rings is 1. The van der Waals surface area contributed by atoms with E-state index in [9.17, 15) is 14.7 Å². The monoisotopic (exact) mass is 388 g/mol. The SMILES string of the molecule is COc1cc2c(cc1OC)C(=O)C(CCC(C)(O)CCCC(C)C)=C(C)C2=O. The van der Waals surface area contributed by atoms with E-state index < -0.39 is 5.60 Å². The summed E-state index contributed by atoms with van der Waals surface area (Å²) in [6, 6.07) is 3.14. The van der Waals surface area contributed by atoms with Crippen LogP contribution in [0.4, 0.5) is 0 Å². The molecule has 154 valence electrons. The Morgan fingerprint density at radius 1 is 1.00 bits per heavy atom. The van der Waals surface area contributed by atoms with Crippen LogP contribution >= 0.6 is 0 Å². The smallest absolute Gasteiger partial charge is 0.190 e. The van der Waals surface area contributed by atoms with E-state index in [4.69, 9.17) is 9.47 Å². The van der Waals surface area contributed by atoms with Gasteiger partial charge in [-0.25, -0.2) is 0 Å². The molecule has 2 rings (SSSR count). The van der Waals surface area contributed by atoms with Gasteiger partial charge in [0.25, 0.3) is 0 Å². The normalized spacial score (nSPS) is 16.3. The van der Waals surface area contributed by atoms with Gasteiger partial charge in [0.05, 0.1) is 19.8 Å². The standard InChI is InChI=1S/C23H32O5/c1-14(2)8-7-10-23(4,26)11-9-16-15(3)21(24)17-12-19(27-5)20(28-6)13-18(17)22(16)25/h12-14,26H,7-11H2,1-6H3. The molecule has 0 aromatic heterocycles. The van der Waals surface area contributed by atoms with Gasteiger partial charge in [0.1, 0.15) is 0 Å². The molecule has 1 aliphatic carbocycles. The summed E-state index contributed by atoms with van der Waals surface area (Å²) >= 11 is 0. The lowest BCUT2D eigenvalue weighted by Gasteiger charge is -2.26. The van der Waals surface area contributed by atoms with Gasteiger partial charge in [-0.05, 0) is 51.2 Å². The van der Waals surface area contributed by atoms with Crippen molar-refractivity contribution in [2.45, 2.75) is 65.4 Å². The van der Waals surface area contributed by atoms with E-state index in [1.54, 1.807) is 26.0 Å². The molecule has 1 aromatic rings. The topological polar surface area (TPSA) is 72.8 Å². The zero-order chi connectivity index (χ0) is 21.1. The van der Waals surface area contributed by atoms with E-state index >= 15 is 0 Å². The summed E-state index contributed by atoms with van der Waals surface area (Å²) in [5.41, 5.74) is 0.746. The van der Waals surface area contributed by atoms with Gasteiger partial charge in [-0.3, -0.25) is 9.59 Å². The molecule has 0 saturated carbocycles. The van der Waals surface area contributed by atoms with Crippen LogP contribution in [0.25, 0.3) is 0 Å². The molecule has 0 bridgehead atoms. The summed E-state index contributed by atoms with van der Waals surface area (Å²) in [5, 5.41) is 10.7. The Hall–Kier alpha value is -2.14. The van der Waals surface area contributed by atoms with Crippen LogP contribution in [-0.4, -0.2) is 36.5 Å². The number of ketones is 2. The molecule has 0 saturated heterocycles.